The molecule has 31 heavy (non-hydrogen) atoms. The summed E-state index contributed by atoms with van der Waals surface area (Å²) in [6.07, 6.45) is -1.22. The molecular formula is C23H22N2O6. The Morgan fingerprint density at radius 1 is 0.968 bits per heavy atom. The molecule has 0 saturated heterocycles. The molecule has 0 spiro atoms. The molecule has 2 aromatic carbocycles. The number of imide groups is 1. The molecule has 8 nitrogen and oxygen atoms in total. The summed E-state index contributed by atoms with van der Waals surface area (Å²) in [6.45, 7) is 5.90. The van der Waals surface area contributed by atoms with Gasteiger partial charge in [-0.3, -0.25) is 24.1 Å². The summed E-state index contributed by atoms with van der Waals surface area (Å²) in [4.78, 5) is 62.8. The molecule has 0 aliphatic carbocycles. The Balaban J connectivity index is 1.69. The van der Waals surface area contributed by atoms with Crippen molar-refractivity contribution in [1.82, 2.24) is 4.90 Å². The molecule has 0 bridgehead atoms. The molecule has 0 aromatic heterocycles. The Hall–Kier alpha value is -3.81. The number of rotatable bonds is 6. The minimum atomic E-state index is -1.22. The maximum absolute atomic E-state index is 12.7. The van der Waals surface area contributed by atoms with E-state index in [1.54, 1.807) is 49.4 Å². The SMILES string of the molecule is CC(=O)c1ccccc1NC(=O)C(C)OC(=O)C(C)N1C(=O)c2ccc(C)cc2C1=O. The van der Waals surface area contributed by atoms with Crippen LogP contribution in [0.2, 0.25) is 0 Å². The van der Waals surface area contributed by atoms with Crippen molar-refractivity contribution in [3.05, 3.63) is 64.7 Å². The van der Waals surface area contributed by atoms with Crippen molar-refractivity contribution in [2.45, 2.75) is 39.8 Å². The smallest absolute Gasteiger partial charge is 0.329 e. The number of hydrogen-bond donors (Lipinski definition) is 1. The standard InChI is InChI=1S/C23H22N2O6/c1-12-9-10-17-18(11-12)22(29)25(21(17)28)13(2)23(30)31-15(4)20(27)24-19-8-6-5-7-16(19)14(3)26/h5-11,13,15H,1-4H3,(H,24,27). The number of esters is 1. The zero-order chi connectivity index (χ0) is 22.9. The number of aryl methyl sites for hydroxylation is 1. The Kier molecular flexibility index (Phi) is 6.01. The minimum absolute atomic E-state index is 0.224. The third kappa shape index (κ3) is 4.23. The van der Waals surface area contributed by atoms with Crippen LogP contribution in [0.25, 0.3) is 0 Å². The van der Waals surface area contributed by atoms with Gasteiger partial charge in [-0.05, 0) is 52.0 Å². The first-order chi connectivity index (χ1) is 14.6. The quantitative estimate of drug-likeness (QED) is 0.435. The number of hydrogen-bond acceptors (Lipinski definition) is 6. The second kappa shape index (κ2) is 8.51. The van der Waals surface area contributed by atoms with Gasteiger partial charge in [0.25, 0.3) is 17.7 Å². The van der Waals surface area contributed by atoms with Crippen LogP contribution in [0, 0.1) is 6.92 Å². The predicted octanol–water partition coefficient (Wildman–Crippen LogP) is 2.75. The molecule has 3 amide bonds. The maximum atomic E-state index is 12.7. The molecule has 0 saturated carbocycles. The van der Waals surface area contributed by atoms with Crippen LogP contribution in [0.5, 0.6) is 0 Å². The molecule has 1 aliphatic heterocycles. The number of carbonyl (C=O) groups is 5. The first-order valence-corrected chi connectivity index (χ1v) is 9.71. The van der Waals surface area contributed by atoms with Gasteiger partial charge in [-0.25, -0.2) is 4.79 Å². The molecule has 160 valence electrons. The molecule has 0 fully saturated rings. The normalized spacial score (nSPS) is 14.6. The van der Waals surface area contributed by atoms with E-state index in [1.165, 1.54) is 20.8 Å². The Morgan fingerprint density at radius 3 is 2.29 bits per heavy atom. The summed E-state index contributed by atoms with van der Waals surface area (Å²) in [5, 5.41) is 2.56. The maximum Gasteiger partial charge on any atom is 0.329 e. The molecule has 1 aliphatic rings. The van der Waals surface area contributed by atoms with Gasteiger partial charge >= 0.3 is 5.97 Å². The van der Waals surface area contributed by atoms with Gasteiger partial charge in [0.15, 0.2) is 11.9 Å². The Bertz CT molecular complexity index is 1110. The lowest BCUT2D eigenvalue weighted by Gasteiger charge is -2.23. The number of fused-ring (bicyclic) bond motifs is 1. The summed E-state index contributed by atoms with van der Waals surface area (Å²) in [5.74, 6) is -2.94. The highest BCUT2D eigenvalue weighted by molar-refractivity contribution is 6.22. The molecule has 8 heteroatoms. The summed E-state index contributed by atoms with van der Waals surface area (Å²) in [7, 11) is 0. The van der Waals surface area contributed by atoms with Gasteiger partial charge in [0.1, 0.15) is 6.04 Å². The topological polar surface area (TPSA) is 110 Å². The number of anilines is 1. The number of para-hydroxylation sites is 1. The molecule has 2 atom stereocenters. The summed E-state index contributed by atoms with van der Waals surface area (Å²) in [5.41, 5.74) is 1.89. The van der Waals surface area contributed by atoms with Gasteiger partial charge in [-0.15, -0.1) is 0 Å². The van der Waals surface area contributed by atoms with Crippen molar-refractivity contribution >= 4 is 35.2 Å². The predicted molar refractivity (Wildman–Crippen MR) is 112 cm³/mol. The van der Waals surface area contributed by atoms with Crippen molar-refractivity contribution in [2.75, 3.05) is 5.32 Å². The van der Waals surface area contributed by atoms with Crippen molar-refractivity contribution < 1.29 is 28.7 Å². The Labute approximate surface area is 179 Å². The van der Waals surface area contributed by atoms with E-state index in [2.05, 4.69) is 5.32 Å². The number of carbonyl (C=O) groups excluding carboxylic acids is 5. The number of nitrogens with one attached hydrogen (secondary N) is 1. The van der Waals surface area contributed by atoms with Crippen LogP contribution in [0.15, 0.2) is 42.5 Å². The molecule has 0 radical (unpaired) electrons. The molecular weight excluding hydrogens is 400 g/mol. The number of Topliss-reactive ketones (excluding diaryl/α,β-unsaturated/α-hetero) is 1. The first kappa shape index (κ1) is 21.9. The van der Waals surface area contributed by atoms with Crippen LogP contribution < -0.4 is 5.32 Å². The minimum Gasteiger partial charge on any atom is -0.451 e. The van der Waals surface area contributed by atoms with E-state index >= 15 is 0 Å². The van der Waals surface area contributed by atoms with Crippen LogP contribution in [0.4, 0.5) is 5.69 Å². The first-order valence-electron chi connectivity index (χ1n) is 9.71. The van der Waals surface area contributed by atoms with Gasteiger partial charge in [-0.2, -0.15) is 0 Å². The van der Waals surface area contributed by atoms with Crippen molar-refractivity contribution in [2.24, 2.45) is 0 Å². The summed E-state index contributed by atoms with van der Waals surface area (Å²) < 4.78 is 5.20. The van der Waals surface area contributed by atoms with Crippen molar-refractivity contribution in [1.29, 1.82) is 0 Å². The zero-order valence-corrected chi connectivity index (χ0v) is 17.6. The van der Waals surface area contributed by atoms with Gasteiger partial charge in [-0.1, -0.05) is 23.8 Å². The van der Waals surface area contributed by atoms with Crippen LogP contribution in [-0.2, 0) is 14.3 Å². The van der Waals surface area contributed by atoms with E-state index in [0.717, 1.165) is 10.5 Å². The number of nitrogens with zero attached hydrogens (tertiary/aromatic N) is 1. The molecule has 2 unspecified atom stereocenters. The van der Waals surface area contributed by atoms with Crippen LogP contribution in [0.3, 0.4) is 0 Å². The lowest BCUT2D eigenvalue weighted by atomic mass is 10.1. The summed E-state index contributed by atoms with van der Waals surface area (Å²) >= 11 is 0. The van der Waals surface area contributed by atoms with Crippen molar-refractivity contribution in [3.63, 3.8) is 0 Å². The van der Waals surface area contributed by atoms with E-state index in [0.29, 0.717) is 11.3 Å². The van der Waals surface area contributed by atoms with E-state index in [9.17, 15) is 24.0 Å². The fraction of sp³-hybridized carbons (Fsp3) is 0.261. The molecule has 1 heterocycles. The average molecular weight is 422 g/mol. The van der Waals surface area contributed by atoms with E-state index in [-0.39, 0.29) is 16.9 Å². The fourth-order valence-corrected chi connectivity index (χ4v) is 3.29. The lowest BCUT2D eigenvalue weighted by Crippen LogP contribution is -2.45. The molecule has 2 aromatic rings. The molecule has 3 rings (SSSR count). The van der Waals surface area contributed by atoms with Crippen LogP contribution in [-0.4, -0.2) is 46.5 Å². The highest BCUT2D eigenvalue weighted by atomic mass is 16.5. The van der Waals surface area contributed by atoms with Gasteiger partial charge in [0.05, 0.1) is 16.8 Å². The van der Waals surface area contributed by atoms with Crippen LogP contribution in [0.1, 0.15) is 57.4 Å². The van der Waals surface area contributed by atoms with Crippen LogP contribution >= 0.6 is 0 Å². The van der Waals surface area contributed by atoms with E-state index in [4.69, 9.17) is 4.74 Å². The Morgan fingerprint density at radius 2 is 1.61 bits per heavy atom. The fourth-order valence-electron chi connectivity index (χ4n) is 3.29. The lowest BCUT2D eigenvalue weighted by molar-refractivity contribution is -0.156. The van der Waals surface area contributed by atoms with Gasteiger partial charge in [0, 0.05) is 5.56 Å². The average Bonchev–Trinajstić information content (AvgIpc) is 2.97. The van der Waals surface area contributed by atoms with Gasteiger partial charge in [0.2, 0.25) is 0 Å². The van der Waals surface area contributed by atoms with Gasteiger partial charge < -0.3 is 10.1 Å². The second-order valence-corrected chi connectivity index (χ2v) is 7.38. The number of amides is 3. The van der Waals surface area contributed by atoms with E-state index < -0.39 is 35.8 Å². The second-order valence-electron chi connectivity index (χ2n) is 7.38. The number of benzene rings is 2. The number of ketones is 1. The van der Waals surface area contributed by atoms with Crippen molar-refractivity contribution in [3.8, 4) is 0 Å². The zero-order valence-electron chi connectivity index (χ0n) is 17.6. The highest BCUT2D eigenvalue weighted by Gasteiger charge is 2.42. The monoisotopic (exact) mass is 422 g/mol. The highest BCUT2D eigenvalue weighted by Crippen LogP contribution is 2.26. The third-order valence-corrected chi connectivity index (χ3v) is 5.03. The third-order valence-electron chi connectivity index (χ3n) is 5.03. The number of ether oxygens (including phenoxy) is 1. The molecule has 1 N–H and O–H groups in total. The van der Waals surface area contributed by atoms with E-state index in [1.807, 2.05) is 0 Å². The largest absolute Gasteiger partial charge is 0.451 e. The summed E-state index contributed by atoms with van der Waals surface area (Å²) in [6, 6.07) is 10.1.